The summed E-state index contributed by atoms with van der Waals surface area (Å²) in [6.45, 7) is 0. The average molecular weight is 205 g/mol. The molecule has 0 bridgehead atoms. The third kappa shape index (κ3) is 2.84. The van der Waals surface area contributed by atoms with Gasteiger partial charge in [0.05, 0.1) is 6.20 Å². The molecular formula is C5H7N3O4S. The zero-order chi connectivity index (χ0) is 9.84. The van der Waals surface area contributed by atoms with Gasteiger partial charge in [-0.3, -0.25) is 4.79 Å². The molecule has 1 amide bonds. The third-order valence-corrected chi connectivity index (χ3v) is 1.49. The summed E-state index contributed by atoms with van der Waals surface area (Å²) in [5, 5.41) is 2.38. The van der Waals surface area contributed by atoms with E-state index in [-0.39, 0.29) is 17.7 Å². The predicted molar refractivity (Wildman–Crippen MR) is 44.3 cm³/mol. The molecule has 1 heterocycles. The molecule has 1 unspecified atom stereocenters. The summed E-state index contributed by atoms with van der Waals surface area (Å²) in [4.78, 5) is 14.1. The Kier molecular flexibility index (Phi) is 2.98. The van der Waals surface area contributed by atoms with E-state index in [1.54, 1.807) is 0 Å². The lowest BCUT2D eigenvalue weighted by Gasteiger charge is -1.94. The minimum absolute atomic E-state index is 0.0174. The maximum absolute atomic E-state index is 10.5. The Bertz CT molecular complexity index is 336. The van der Waals surface area contributed by atoms with Gasteiger partial charge in [-0.1, -0.05) is 0 Å². The van der Waals surface area contributed by atoms with Crippen LogP contribution in [0.1, 0.15) is 10.6 Å². The fraction of sp³-hybridized carbons (Fsp3) is 0.200. The molecule has 72 valence electrons. The molecule has 1 rings (SSSR count). The van der Waals surface area contributed by atoms with Crippen LogP contribution in [0.25, 0.3) is 0 Å². The van der Waals surface area contributed by atoms with Crippen LogP contribution in [0.3, 0.4) is 0 Å². The summed E-state index contributed by atoms with van der Waals surface area (Å²) in [5.74, 6) is -1.07. The zero-order valence-corrected chi connectivity index (χ0v) is 7.21. The van der Waals surface area contributed by atoms with Crippen LogP contribution in [-0.2, 0) is 11.1 Å². The van der Waals surface area contributed by atoms with Gasteiger partial charge < -0.3 is 20.0 Å². The van der Waals surface area contributed by atoms with Gasteiger partial charge in [0.2, 0.25) is 5.76 Å². The number of oxazole rings is 1. The van der Waals surface area contributed by atoms with Crippen molar-refractivity contribution in [2.45, 2.75) is 0 Å². The van der Waals surface area contributed by atoms with Crippen molar-refractivity contribution in [1.82, 2.24) is 4.98 Å². The average Bonchev–Trinajstić information content (AvgIpc) is 2.48. The fourth-order valence-corrected chi connectivity index (χ4v) is 0.840. The second-order valence-electron chi connectivity index (χ2n) is 2.04. The van der Waals surface area contributed by atoms with Crippen molar-refractivity contribution in [2.24, 2.45) is 5.73 Å². The van der Waals surface area contributed by atoms with Crippen molar-refractivity contribution in [2.75, 3.05) is 11.2 Å². The van der Waals surface area contributed by atoms with Gasteiger partial charge in [0.15, 0.2) is 11.1 Å². The number of nitrogens with two attached hydrogens (primary N) is 1. The number of aromatic nitrogens is 1. The van der Waals surface area contributed by atoms with E-state index in [0.29, 0.717) is 0 Å². The van der Waals surface area contributed by atoms with E-state index in [1.807, 2.05) is 0 Å². The summed E-state index contributed by atoms with van der Waals surface area (Å²) in [6, 6.07) is -0.0174. The highest BCUT2D eigenvalue weighted by Gasteiger charge is 2.08. The van der Waals surface area contributed by atoms with Crippen molar-refractivity contribution in [3.63, 3.8) is 0 Å². The molecule has 7 nitrogen and oxygen atoms in total. The van der Waals surface area contributed by atoms with Crippen LogP contribution in [0, 0.1) is 0 Å². The first-order valence-corrected chi connectivity index (χ1v) is 4.44. The van der Waals surface area contributed by atoms with Crippen molar-refractivity contribution in [1.29, 1.82) is 0 Å². The van der Waals surface area contributed by atoms with Gasteiger partial charge >= 0.3 is 0 Å². The zero-order valence-electron chi connectivity index (χ0n) is 6.39. The van der Waals surface area contributed by atoms with Crippen molar-refractivity contribution in [3.8, 4) is 0 Å². The predicted octanol–water partition coefficient (Wildman–Crippen LogP) is -0.635. The van der Waals surface area contributed by atoms with Gasteiger partial charge in [-0.2, -0.15) is 0 Å². The topological polar surface area (TPSA) is 118 Å². The molecule has 1 atom stereocenters. The molecule has 0 spiro atoms. The molecule has 1 aromatic rings. The Morgan fingerprint density at radius 3 is 3.00 bits per heavy atom. The van der Waals surface area contributed by atoms with Crippen LogP contribution in [0.5, 0.6) is 0 Å². The number of hydrogen-bond acceptors (Lipinski definition) is 5. The number of primary amides is 1. The Balaban J connectivity index is 2.59. The van der Waals surface area contributed by atoms with E-state index in [9.17, 15) is 9.00 Å². The van der Waals surface area contributed by atoms with Gasteiger partial charge in [-0.05, 0) is 0 Å². The number of hydrogen-bond donors (Lipinski definition) is 3. The molecule has 0 radical (unpaired) electrons. The first kappa shape index (κ1) is 9.68. The van der Waals surface area contributed by atoms with Crippen LogP contribution in [-0.4, -0.2) is 25.5 Å². The summed E-state index contributed by atoms with van der Waals surface area (Å²) in [6.07, 6.45) is 1.13. The minimum Gasteiger partial charge on any atom is -0.418 e. The summed E-state index contributed by atoms with van der Waals surface area (Å²) >= 11 is -1.99. The molecule has 0 fully saturated rings. The Hall–Kier alpha value is -1.41. The fourth-order valence-electron chi connectivity index (χ4n) is 0.593. The van der Waals surface area contributed by atoms with Crippen LogP contribution >= 0.6 is 0 Å². The molecule has 0 saturated carbocycles. The van der Waals surface area contributed by atoms with Gasteiger partial charge in [-0.15, -0.1) is 0 Å². The molecule has 1 aromatic heterocycles. The summed E-state index contributed by atoms with van der Waals surface area (Å²) < 4.78 is 23.3. The number of nitrogens with one attached hydrogen (secondary N) is 1. The largest absolute Gasteiger partial charge is 0.418 e. The maximum atomic E-state index is 10.5. The van der Waals surface area contributed by atoms with Crippen molar-refractivity contribution in [3.05, 3.63) is 12.0 Å². The lowest BCUT2D eigenvalue weighted by molar-refractivity contribution is 0.0975. The van der Waals surface area contributed by atoms with E-state index in [4.69, 9.17) is 14.7 Å². The molecule has 8 heteroatoms. The Morgan fingerprint density at radius 2 is 2.54 bits per heavy atom. The number of rotatable bonds is 4. The highest BCUT2D eigenvalue weighted by molar-refractivity contribution is 7.79. The second kappa shape index (κ2) is 4.01. The van der Waals surface area contributed by atoms with Crippen molar-refractivity contribution >= 4 is 23.0 Å². The molecule has 0 aliphatic carbocycles. The second-order valence-corrected chi connectivity index (χ2v) is 2.97. The first-order valence-electron chi connectivity index (χ1n) is 3.16. The van der Waals surface area contributed by atoms with E-state index in [0.717, 1.165) is 6.20 Å². The van der Waals surface area contributed by atoms with Crippen molar-refractivity contribution < 1.29 is 18.0 Å². The highest BCUT2D eigenvalue weighted by atomic mass is 32.2. The quantitative estimate of drug-likeness (QED) is 0.563. The maximum Gasteiger partial charge on any atom is 0.296 e. The van der Waals surface area contributed by atoms with Crippen LogP contribution in [0.15, 0.2) is 10.6 Å². The Labute approximate surface area is 75.6 Å². The van der Waals surface area contributed by atoms with Gasteiger partial charge in [-0.25, -0.2) is 9.19 Å². The number of nitrogens with zero attached hydrogens (tertiary/aromatic N) is 1. The van der Waals surface area contributed by atoms with E-state index < -0.39 is 17.0 Å². The molecule has 0 aliphatic heterocycles. The van der Waals surface area contributed by atoms with Crippen LogP contribution < -0.4 is 11.1 Å². The normalized spacial score (nSPS) is 12.4. The highest BCUT2D eigenvalue weighted by Crippen LogP contribution is 2.07. The lowest BCUT2D eigenvalue weighted by Crippen LogP contribution is -2.09. The first-order chi connectivity index (χ1) is 6.09. The third-order valence-electron chi connectivity index (χ3n) is 1.10. The molecule has 13 heavy (non-hydrogen) atoms. The number of amides is 1. The SMILES string of the molecule is NC(=O)c1cnc(NCS(=O)O)o1. The molecule has 0 saturated heterocycles. The summed E-state index contributed by atoms with van der Waals surface area (Å²) in [5.41, 5.74) is 4.87. The van der Waals surface area contributed by atoms with E-state index in [1.165, 1.54) is 0 Å². The number of carbonyl (C=O) groups is 1. The standard InChI is InChI=1S/C5H7N3O4S/c6-4(9)3-1-7-5(12-3)8-2-13(10)11/h1H,2H2,(H2,6,9)(H,7,8)(H,10,11). The number of carbonyl (C=O) groups excluding carboxylic acids is 1. The number of anilines is 1. The van der Waals surface area contributed by atoms with Gasteiger partial charge in [0.25, 0.3) is 11.9 Å². The van der Waals surface area contributed by atoms with Crippen LogP contribution in [0.2, 0.25) is 0 Å². The molecule has 0 aromatic carbocycles. The monoisotopic (exact) mass is 205 g/mol. The summed E-state index contributed by atoms with van der Waals surface area (Å²) in [7, 11) is 0. The van der Waals surface area contributed by atoms with E-state index >= 15 is 0 Å². The van der Waals surface area contributed by atoms with Gasteiger partial charge in [0.1, 0.15) is 5.88 Å². The van der Waals surface area contributed by atoms with Crippen LogP contribution in [0.4, 0.5) is 6.01 Å². The molecular weight excluding hydrogens is 198 g/mol. The molecule has 4 N–H and O–H groups in total. The van der Waals surface area contributed by atoms with E-state index in [2.05, 4.69) is 10.3 Å². The Morgan fingerprint density at radius 1 is 1.85 bits per heavy atom. The smallest absolute Gasteiger partial charge is 0.296 e. The minimum atomic E-state index is -1.99. The van der Waals surface area contributed by atoms with Gasteiger partial charge in [0, 0.05) is 0 Å². The lowest BCUT2D eigenvalue weighted by atomic mass is 10.5. The molecule has 0 aliphatic rings.